The molecule has 0 aliphatic rings. The van der Waals surface area contributed by atoms with Gasteiger partial charge in [-0.15, -0.1) is 11.3 Å². The number of hydrogen-bond acceptors (Lipinski definition) is 5. The van der Waals surface area contributed by atoms with E-state index in [1.807, 2.05) is 0 Å². The van der Waals surface area contributed by atoms with Crippen molar-refractivity contribution in [2.45, 2.75) is 6.92 Å². The average Bonchev–Trinajstić information content (AvgIpc) is 3.19. The Kier molecular flexibility index (Phi) is 5.62. The maximum Gasteiger partial charge on any atom is 0.281 e. The molecule has 0 spiro atoms. The van der Waals surface area contributed by atoms with Crippen molar-refractivity contribution in [3.8, 4) is 16.9 Å². The van der Waals surface area contributed by atoms with Crippen LogP contribution in [0, 0.1) is 18.6 Å². The number of nitrogens with zero attached hydrogens (tertiary/aromatic N) is 3. The number of para-hydroxylation sites is 1. The second-order valence-corrected chi connectivity index (χ2v) is 7.75. The molecule has 0 aliphatic carbocycles. The van der Waals surface area contributed by atoms with Crippen LogP contribution in [0.5, 0.6) is 0 Å². The summed E-state index contributed by atoms with van der Waals surface area (Å²) in [5.41, 5.74) is 0.511. The van der Waals surface area contributed by atoms with E-state index in [-0.39, 0.29) is 15.8 Å². The molecule has 0 bridgehead atoms. The highest BCUT2D eigenvalue weighted by molar-refractivity contribution is 7.14. The highest BCUT2D eigenvalue weighted by Crippen LogP contribution is 2.28. The van der Waals surface area contributed by atoms with Crippen LogP contribution in [-0.4, -0.2) is 20.7 Å². The smallest absolute Gasteiger partial charge is 0.281 e. The lowest BCUT2D eigenvalue weighted by molar-refractivity contribution is 0.101. The van der Waals surface area contributed by atoms with Crippen LogP contribution in [0.1, 0.15) is 16.2 Å². The largest absolute Gasteiger partial charge is 0.296 e. The summed E-state index contributed by atoms with van der Waals surface area (Å²) in [7, 11) is 0. The monoisotopic (exact) mass is 458 g/mol. The molecule has 0 atom stereocenters. The summed E-state index contributed by atoms with van der Waals surface area (Å²) in [6.07, 6.45) is 0. The van der Waals surface area contributed by atoms with Crippen molar-refractivity contribution in [2.24, 2.45) is 0 Å². The molecule has 10 heteroatoms. The first-order valence-electron chi connectivity index (χ1n) is 8.91. The standard InChI is InChI=1S/C21H13ClF2N4O2S/c1-11-8-18(29)19(27-28(11)17-5-3-2-4-15(17)24)20(30)26-21-25-16(10-31-21)12-6-7-14(23)13(22)9-12/h2-10H,1H3,(H,25,26,30). The van der Waals surface area contributed by atoms with E-state index < -0.39 is 28.7 Å². The zero-order valence-corrected chi connectivity index (χ0v) is 17.5. The Morgan fingerprint density at radius 1 is 1.13 bits per heavy atom. The van der Waals surface area contributed by atoms with Gasteiger partial charge in [0, 0.05) is 22.7 Å². The van der Waals surface area contributed by atoms with Gasteiger partial charge in [0.25, 0.3) is 5.91 Å². The third-order valence-corrected chi connectivity index (χ3v) is 5.39. The van der Waals surface area contributed by atoms with E-state index in [0.717, 1.165) is 11.3 Å². The van der Waals surface area contributed by atoms with Crippen LogP contribution < -0.4 is 10.7 Å². The van der Waals surface area contributed by atoms with E-state index in [0.29, 0.717) is 17.0 Å². The molecule has 4 aromatic rings. The van der Waals surface area contributed by atoms with Crippen molar-refractivity contribution in [1.82, 2.24) is 14.8 Å². The Morgan fingerprint density at radius 2 is 1.90 bits per heavy atom. The fourth-order valence-electron chi connectivity index (χ4n) is 2.85. The summed E-state index contributed by atoms with van der Waals surface area (Å²) < 4.78 is 28.7. The van der Waals surface area contributed by atoms with Gasteiger partial charge < -0.3 is 0 Å². The molecule has 156 valence electrons. The second-order valence-electron chi connectivity index (χ2n) is 6.48. The summed E-state index contributed by atoms with van der Waals surface area (Å²) in [6, 6.07) is 11.3. The zero-order chi connectivity index (χ0) is 22.1. The van der Waals surface area contributed by atoms with E-state index in [4.69, 9.17) is 11.6 Å². The number of anilines is 1. The van der Waals surface area contributed by atoms with Crippen molar-refractivity contribution in [2.75, 3.05) is 5.32 Å². The van der Waals surface area contributed by atoms with Crippen LogP contribution in [-0.2, 0) is 0 Å². The Morgan fingerprint density at radius 3 is 2.65 bits per heavy atom. The summed E-state index contributed by atoms with van der Waals surface area (Å²) in [4.78, 5) is 29.3. The Labute approximate surface area is 183 Å². The van der Waals surface area contributed by atoms with Gasteiger partial charge in [-0.3, -0.25) is 14.9 Å². The van der Waals surface area contributed by atoms with Crippen molar-refractivity contribution in [3.63, 3.8) is 0 Å². The van der Waals surface area contributed by atoms with Crippen molar-refractivity contribution in [1.29, 1.82) is 0 Å². The van der Waals surface area contributed by atoms with Gasteiger partial charge in [-0.1, -0.05) is 23.7 Å². The Balaban J connectivity index is 1.63. The number of aryl methyl sites for hydroxylation is 1. The number of carbonyl (C=O) groups is 1. The molecular weight excluding hydrogens is 446 g/mol. The van der Waals surface area contributed by atoms with Gasteiger partial charge >= 0.3 is 0 Å². The van der Waals surface area contributed by atoms with Crippen LogP contribution in [0.2, 0.25) is 5.02 Å². The Hall–Kier alpha value is -3.43. The zero-order valence-electron chi connectivity index (χ0n) is 15.9. The number of hydrogen-bond donors (Lipinski definition) is 1. The fourth-order valence-corrected chi connectivity index (χ4v) is 3.74. The van der Waals surface area contributed by atoms with Crippen molar-refractivity contribution >= 4 is 34.0 Å². The first-order valence-corrected chi connectivity index (χ1v) is 10.2. The molecule has 2 aromatic carbocycles. The average molecular weight is 459 g/mol. The molecule has 0 saturated heterocycles. The molecule has 1 amide bonds. The molecule has 0 radical (unpaired) electrons. The van der Waals surface area contributed by atoms with Gasteiger partial charge in [0.15, 0.2) is 10.8 Å². The molecular formula is C21H13ClF2N4O2S. The first kappa shape index (κ1) is 20.8. The van der Waals surface area contributed by atoms with Gasteiger partial charge in [0.2, 0.25) is 5.43 Å². The number of carbonyl (C=O) groups excluding carboxylic acids is 1. The summed E-state index contributed by atoms with van der Waals surface area (Å²) in [5.74, 6) is -1.88. The van der Waals surface area contributed by atoms with Gasteiger partial charge in [0.05, 0.1) is 10.7 Å². The first-order chi connectivity index (χ1) is 14.8. The number of amides is 1. The number of halogens is 3. The van der Waals surface area contributed by atoms with Gasteiger partial charge in [-0.25, -0.2) is 18.4 Å². The quantitative estimate of drug-likeness (QED) is 0.474. The topological polar surface area (TPSA) is 76.9 Å². The minimum Gasteiger partial charge on any atom is -0.296 e. The maximum atomic E-state index is 14.2. The maximum absolute atomic E-state index is 14.2. The summed E-state index contributed by atoms with van der Waals surface area (Å²) in [5, 5.41) is 8.39. The number of aromatic nitrogens is 3. The van der Waals surface area contributed by atoms with E-state index in [2.05, 4.69) is 15.4 Å². The molecule has 0 saturated carbocycles. The van der Waals surface area contributed by atoms with E-state index >= 15 is 0 Å². The molecule has 0 unspecified atom stereocenters. The number of rotatable bonds is 4. The van der Waals surface area contributed by atoms with Gasteiger partial charge in [-0.2, -0.15) is 5.10 Å². The van der Waals surface area contributed by atoms with Crippen molar-refractivity contribution < 1.29 is 13.6 Å². The lowest BCUT2D eigenvalue weighted by atomic mass is 10.2. The fraction of sp³-hybridized carbons (Fsp3) is 0.0476. The number of thiazole rings is 1. The highest BCUT2D eigenvalue weighted by atomic mass is 35.5. The third kappa shape index (κ3) is 4.23. The second kappa shape index (κ2) is 8.37. The lowest BCUT2D eigenvalue weighted by Crippen LogP contribution is -2.27. The van der Waals surface area contributed by atoms with E-state index in [1.165, 1.54) is 47.1 Å². The highest BCUT2D eigenvalue weighted by Gasteiger charge is 2.18. The summed E-state index contributed by atoms with van der Waals surface area (Å²) in [6.45, 7) is 1.59. The van der Waals surface area contributed by atoms with Crippen LogP contribution >= 0.6 is 22.9 Å². The lowest BCUT2D eigenvalue weighted by Gasteiger charge is -2.11. The van der Waals surface area contributed by atoms with E-state index in [9.17, 15) is 18.4 Å². The number of nitrogens with one attached hydrogen (secondary N) is 1. The molecule has 2 aromatic heterocycles. The summed E-state index contributed by atoms with van der Waals surface area (Å²) >= 11 is 6.91. The van der Waals surface area contributed by atoms with Gasteiger partial charge in [-0.05, 0) is 37.3 Å². The molecule has 2 heterocycles. The predicted octanol–water partition coefficient (Wildman–Crippen LogP) is 4.85. The SMILES string of the molecule is Cc1cc(=O)c(C(=O)Nc2nc(-c3ccc(F)c(Cl)c3)cs2)nn1-c1ccccc1F. The molecule has 31 heavy (non-hydrogen) atoms. The van der Waals surface area contributed by atoms with Crippen molar-refractivity contribution in [3.05, 3.63) is 92.2 Å². The van der Waals surface area contributed by atoms with Gasteiger partial charge in [0.1, 0.15) is 17.3 Å². The molecule has 1 N–H and O–H groups in total. The number of benzene rings is 2. The third-order valence-electron chi connectivity index (χ3n) is 4.34. The minimum absolute atomic E-state index is 0.0476. The minimum atomic E-state index is -0.784. The molecule has 4 rings (SSSR count). The molecule has 0 aliphatic heterocycles. The van der Waals surface area contributed by atoms with Crippen LogP contribution in [0.15, 0.2) is 58.7 Å². The van der Waals surface area contributed by atoms with Crippen LogP contribution in [0.3, 0.4) is 0 Å². The normalized spacial score (nSPS) is 10.8. The van der Waals surface area contributed by atoms with Crippen LogP contribution in [0.4, 0.5) is 13.9 Å². The molecule has 0 fully saturated rings. The van der Waals surface area contributed by atoms with E-state index in [1.54, 1.807) is 18.4 Å². The van der Waals surface area contributed by atoms with Crippen LogP contribution in [0.25, 0.3) is 16.9 Å². The predicted molar refractivity (Wildman–Crippen MR) is 115 cm³/mol. The Bertz CT molecular complexity index is 1370. The molecule has 6 nitrogen and oxygen atoms in total.